The van der Waals surface area contributed by atoms with Crippen LogP contribution in [0.5, 0.6) is 5.75 Å². The van der Waals surface area contributed by atoms with Gasteiger partial charge in [-0.3, -0.25) is 4.21 Å². The smallest absolute Gasteiger partial charge is 0.119 e. The van der Waals surface area contributed by atoms with Gasteiger partial charge in [0, 0.05) is 23.6 Å². The molecular weight excluding hydrogens is 226 g/mol. The lowest BCUT2D eigenvalue weighted by Crippen LogP contribution is -2.23. The molecule has 0 heterocycles. The number of aliphatic hydroxyl groups is 1. The standard InChI is InChI=1S/C11H17NO3S/c1-16(14)8-10(13)7-15-11-4-2-9(6-12)3-5-11/h2-5,10,13H,6-8,12H2,1H3. The SMILES string of the molecule is CS(=O)CC(O)COc1ccc(CN)cc1. The first-order valence-electron chi connectivity index (χ1n) is 5.01. The molecule has 5 heteroatoms. The summed E-state index contributed by atoms with van der Waals surface area (Å²) in [6.45, 7) is 0.652. The Bertz CT molecular complexity index is 340. The van der Waals surface area contributed by atoms with E-state index in [1.54, 1.807) is 18.4 Å². The minimum atomic E-state index is -1.01. The molecule has 0 radical (unpaired) electrons. The Kier molecular flexibility index (Phi) is 5.45. The second kappa shape index (κ2) is 6.62. The highest BCUT2D eigenvalue weighted by atomic mass is 32.2. The minimum absolute atomic E-state index is 0.154. The van der Waals surface area contributed by atoms with Crippen molar-refractivity contribution in [3.8, 4) is 5.75 Å². The van der Waals surface area contributed by atoms with Gasteiger partial charge in [-0.25, -0.2) is 0 Å². The second-order valence-corrected chi connectivity index (χ2v) is 5.03. The molecule has 0 aliphatic carbocycles. The summed E-state index contributed by atoms with van der Waals surface area (Å²) in [6, 6.07) is 7.36. The Morgan fingerprint density at radius 1 is 1.44 bits per heavy atom. The van der Waals surface area contributed by atoms with Gasteiger partial charge >= 0.3 is 0 Å². The molecule has 0 spiro atoms. The Labute approximate surface area is 97.9 Å². The average Bonchev–Trinajstić information content (AvgIpc) is 2.26. The van der Waals surface area contributed by atoms with Crippen LogP contribution < -0.4 is 10.5 Å². The maximum atomic E-state index is 10.8. The molecule has 1 rings (SSSR count). The van der Waals surface area contributed by atoms with Gasteiger partial charge in [0.2, 0.25) is 0 Å². The molecule has 0 aromatic heterocycles. The largest absolute Gasteiger partial charge is 0.491 e. The molecule has 90 valence electrons. The van der Waals surface area contributed by atoms with Gasteiger partial charge in [-0.1, -0.05) is 12.1 Å². The average molecular weight is 243 g/mol. The topological polar surface area (TPSA) is 72.5 Å². The molecule has 0 amide bonds. The number of aliphatic hydroxyl groups excluding tert-OH is 1. The molecule has 1 aromatic carbocycles. The lowest BCUT2D eigenvalue weighted by atomic mass is 10.2. The fourth-order valence-corrected chi connectivity index (χ4v) is 1.87. The molecule has 4 nitrogen and oxygen atoms in total. The van der Waals surface area contributed by atoms with Crippen molar-refractivity contribution in [1.29, 1.82) is 0 Å². The Morgan fingerprint density at radius 2 is 2.06 bits per heavy atom. The number of hydrogen-bond acceptors (Lipinski definition) is 4. The van der Waals surface area contributed by atoms with E-state index >= 15 is 0 Å². The van der Waals surface area contributed by atoms with E-state index in [0.717, 1.165) is 5.56 Å². The van der Waals surface area contributed by atoms with Crippen LogP contribution in [0.15, 0.2) is 24.3 Å². The lowest BCUT2D eigenvalue weighted by molar-refractivity contribution is 0.125. The summed E-state index contributed by atoms with van der Waals surface area (Å²) in [5.41, 5.74) is 6.49. The van der Waals surface area contributed by atoms with Crippen molar-refractivity contribution in [2.75, 3.05) is 18.6 Å². The third-order valence-corrected chi connectivity index (χ3v) is 2.88. The summed E-state index contributed by atoms with van der Waals surface area (Å²) in [5.74, 6) is 0.916. The van der Waals surface area contributed by atoms with E-state index in [2.05, 4.69) is 0 Å². The van der Waals surface area contributed by atoms with E-state index in [1.807, 2.05) is 12.1 Å². The van der Waals surface area contributed by atoms with Gasteiger partial charge in [-0.15, -0.1) is 0 Å². The Morgan fingerprint density at radius 3 is 2.56 bits per heavy atom. The number of hydrogen-bond donors (Lipinski definition) is 2. The zero-order chi connectivity index (χ0) is 12.0. The van der Waals surface area contributed by atoms with Crippen molar-refractivity contribution < 1.29 is 14.1 Å². The highest BCUT2D eigenvalue weighted by Crippen LogP contribution is 2.12. The van der Waals surface area contributed by atoms with E-state index in [1.165, 1.54) is 0 Å². The molecule has 2 unspecified atom stereocenters. The van der Waals surface area contributed by atoms with E-state index in [-0.39, 0.29) is 12.4 Å². The molecule has 0 aliphatic heterocycles. The van der Waals surface area contributed by atoms with Crippen LogP contribution in [0.1, 0.15) is 5.56 Å². The summed E-state index contributed by atoms with van der Waals surface area (Å²) in [5, 5.41) is 9.44. The van der Waals surface area contributed by atoms with Crippen molar-refractivity contribution in [3.05, 3.63) is 29.8 Å². The highest BCUT2D eigenvalue weighted by Gasteiger charge is 2.07. The predicted octanol–water partition coefficient (Wildman–Crippen LogP) is 0.263. The van der Waals surface area contributed by atoms with Crippen LogP contribution in [-0.4, -0.2) is 34.0 Å². The van der Waals surface area contributed by atoms with Gasteiger partial charge in [0.15, 0.2) is 0 Å². The van der Waals surface area contributed by atoms with Crippen LogP contribution in [0, 0.1) is 0 Å². The first-order chi connectivity index (χ1) is 7.61. The van der Waals surface area contributed by atoms with Crippen LogP contribution in [0.4, 0.5) is 0 Å². The van der Waals surface area contributed by atoms with Crippen molar-refractivity contribution in [3.63, 3.8) is 0 Å². The van der Waals surface area contributed by atoms with E-state index in [0.29, 0.717) is 12.3 Å². The quantitative estimate of drug-likeness (QED) is 0.752. The summed E-state index contributed by atoms with van der Waals surface area (Å²) < 4.78 is 16.2. The van der Waals surface area contributed by atoms with Gasteiger partial charge < -0.3 is 15.6 Å². The number of benzene rings is 1. The third kappa shape index (κ3) is 4.74. The van der Waals surface area contributed by atoms with E-state index in [9.17, 15) is 9.32 Å². The predicted molar refractivity (Wildman–Crippen MR) is 64.8 cm³/mol. The normalized spacial score (nSPS) is 14.4. The maximum absolute atomic E-state index is 10.8. The van der Waals surface area contributed by atoms with Crippen LogP contribution in [-0.2, 0) is 17.3 Å². The van der Waals surface area contributed by atoms with Gasteiger partial charge in [0.1, 0.15) is 12.4 Å². The van der Waals surface area contributed by atoms with Crippen molar-refractivity contribution in [2.45, 2.75) is 12.6 Å². The molecule has 0 saturated heterocycles. The maximum Gasteiger partial charge on any atom is 0.119 e. The van der Waals surface area contributed by atoms with E-state index in [4.69, 9.17) is 10.5 Å². The minimum Gasteiger partial charge on any atom is -0.491 e. The van der Waals surface area contributed by atoms with Gasteiger partial charge in [0.05, 0.1) is 11.9 Å². The monoisotopic (exact) mass is 243 g/mol. The number of nitrogens with two attached hydrogens (primary N) is 1. The summed E-state index contributed by atoms with van der Waals surface area (Å²) in [7, 11) is -1.01. The fraction of sp³-hybridized carbons (Fsp3) is 0.455. The zero-order valence-corrected chi connectivity index (χ0v) is 10.1. The molecule has 16 heavy (non-hydrogen) atoms. The summed E-state index contributed by atoms with van der Waals surface area (Å²) >= 11 is 0. The lowest BCUT2D eigenvalue weighted by Gasteiger charge is -2.11. The molecule has 0 fully saturated rings. The van der Waals surface area contributed by atoms with Crippen LogP contribution in [0.3, 0.4) is 0 Å². The van der Waals surface area contributed by atoms with Gasteiger partial charge in [-0.05, 0) is 17.7 Å². The highest BCUT2D eigenvalue weighted by molar-refractivity contribution is 7.84. The molecule has 0 aliphatic rings. The molecular formula is C11H17NO3S. The van der Waals surface area contributed by atoms with Gasteiger partial charge in [0.25, 0.3) is 0 Å². The molecule has 1 aromatic rings. The number of ether oxygens (including phenoxy) is 1. The first-order valence-corrected chi connectivity index (χ1v) is 6.74. The first kappa shape index (κ1) is 13.2. The van der Waals surface area contributed by atoms with Crippen molar-refractivity contribution in [2.24, 2.45) is 5.73 Å². The van der Waals surface area contributed by atoms with Crippen LogP contribution in [0.2, 0.25) is 0 Å². The van der Waals surface area contributed by atoms with Crippen molar-refractivity contribution >= 4 is 10.8 Å². The zero-order valence-electron chi connectivity index (χ0n) is 9.26. The van der Waals surface area contributed by atoms with Gasteiger partial charge in [-0.2, -0.15) is 0 Å². The molecule has 3 N–H and O–H groups in total. The van der Waals surface area contributed by atoms with E-state index < -0.39 is 16.9 Å². The second-order valence-electron chi connectivity index (χ2n) is 3.55. The Hall–Kier alpha value is -0.910. The molecule has 0 bridgehead atoms. The molecule has 2 atom stereocenters. The Balaban J connectivity index is 2.39. The third-order valence-electron chi connectivity index (χ3n) is 2.03. The van der Waals surface area contributed by atoms with Crippen LogP contribution >= 0.6 is 0 Å². The summed E-state index contributed by atoms with van der Waals surface area (Å²) in [4.78, 5) is 0. The molecule has 0 saturated carbocycles. The fourth-order valence-electron chi connectivity index (χ4n) is 1.23. The van der Waals surface area contributed by atoms with Crippen LogP contribution in [0.25, 0.3) is 0 Å². The summed E-state index contributed by atoms with van der Waals surface area (Å²) in [6.07, 6.45) is 0.860. The number of rotatable bonds is 6. The van der Waals surface area contributed by atoms with Crippen molar-refractivity contribution in [1.82, 2.24) is 0 Å².